The number of allylic oxidation sites excluding steroid dienone is 2. The fourth-order valence-corrected chi connectivity index (χ4v) is 3.26. The van der Waals surface area contributed by atoms with E-state index in [-0.39, 0.29) is 35.5 Å². The molecule has 84 valence electrons. The van der Waals surface area contributed by atoms with E-state index in [1.165, 1.54) is 0 Å². The van der Waals surface area contributed by atoms with E-state index in [4.69, 9.17) is 5.11 Å². The second-order valence-corrected chi connectivity index (χ2v) is 4.66. The van der Waals surface area contributed by atoms with Gasteiger partial charge in [0.2, 0.25) is 11.8 Å². The zero-order valence-electron chi connectivity index (χ0n) is 8.50. The lowest BCUT2D eigenvalue weighted by Crippen LogP contribution is -2.37. The van der Waals surface area contributed by atoms with Crippen molar-refractivity contribution in [3.63, 3.8) is 0 Å². The van der Waals surface area contributed by atoms with Crippen molar-refractivity contribution in [2.45, 2.75) is 6.42 Å². The van der Waals surface area contributed by atoms with Crippen molar-refractivity contribution in [3.05, 3.63) is 12.2 Å². The number of hydrogen-bond donors (Lipinski definition) is 1. The van der Waals surface area contributed by atoms with Gasteiger partial charge in [-0.1, -0.05) is 12.2 Å². The fraction of sp³-hybridized carbons (Fsp3) is 0.545. The number of carbonyl (C=O) groups excluding carboxylic acids is 2. The van der Waals surface area contributed by atoms with E-state index in [2.05, 4.69) is 0 Å². The molecule has 0 aromatic rings. The third kappa shape index (κ3) is 1.03. The molecule has 3 aliphatic rings. The number of nitrogens with zero attached hydrogens (tertiary/aromatic N) is 1. The maximum atomic E-state index is 11.9. The minimum Gasteiger partial charge on any atom is -0.480 e. The van der Waals surface area contributed by atoms with Gasteiger partial charge >= 0.3 is 5.97 Å². The fourth-order valence-electron chi connectivity index (χ4n) is 3.26. The van der Waals surface area contributed by atoms with E-state index >= 15 is 0 Å². The average molecular weight is 221 g/mol. The summed E-state index contributed by atoms with van der Waals surface area (Å²) in [5.74, 6) is -2.02. The van der Waals surface area contributed by atoms with Crippen LogP contribution < -0.4 is 0 Å². The summed E-state index contributed by atoms with van der Waals surface area (Å²) in [7, 11) is 0. The van der Waals surface area contributed by atoms with Crippen LogP contribution in [0.2, 0.25) is 0 Å². The second-order valence-electron chi connectivity index (χ2n) is 4.66. The number of likely N-dealkylation sites (tertiary alicyclic amines) is 1. The number of aliphatic carboxylic acids is 1. The van der Waals surface area contributed by atoms with Crippen LogP contribution in [0, 0.1) is 23.7 Å². The molecule has 5 heteroatoms. The van der Waals surface area contributed by atoms with Crippen LogP contribution in [0.25, 0.3) is 0 Å². The molecule has 5 nitrogen and oxygen atoms in total. The van der Waals surface area contributed by atoms with Crippen LogP contribution >= 0.6 is 0 Å². The maximum Gasteiger partial charge on any atom is 0.323 e. The molecule has 3 rings (SSSR count). The number of carboxylic acids is 1. The molecule has 0 unspecified atom stereocenters. The van der Waals surface area contributed by atoms with Crippen LogP contribution in [0.15, 0.2) is 12.2 Å². The smallest absolute Gasteiger partial charge is 0.323 e. The number of amides is 2. The molecule has 16 heavy (non-hydrogen) atoms. The lowest BCUT2D eigenvalue weighted by molar-refractivity contribution is -0.149. The third-order valence-electron chi connectivity index (χ3n) is 3.86. The Kier molecular flexibility index (Phi) is 1.75. The summed E-state index contributed by atoms with van der Waals surface area (Å²) in [6, 6.07) is 0. The van der Waals surface area contributed by atoms with Crippen LogP contribution in [0.3, 0.4) is 0 Å². The van der Waals surface area contributed by atoms with Gasteiger partial charge in [0.25, 0.3) is 0 Å². The number of fused-ring (bicyclic) bond motifs is 5. The Morgan fingerprint density at radius 3 is 2.19 bits per heavy atom. The SMILES string of the molecule is O=C(O)CN1C(=O)[C@@H]2[C@H](C1=O)[C@@H]1C=C[C@@H]2C1. The van der Waals surface area contributed by atoms with Crippen molar-refractivity contribution in [2.24, 2.45) is 23.7 Å². The molecule has 0 radical (unpaired) electrons. The molecule has 1 N–H and O–H groups in total. The zero-order valence-corrected chi connectivity index (χ0v) is 8.50. The first-order valence-electron chi connectivity index (χ1n) is 5.35. The lowest BCUT2D eigenvalue weighted by atomic mass is 9.85. The van der Waals surface area contributed by atoms with Gasteiger partial charge in [-0.3, -0.25) is 19.3 Å². The molecule has 1 saturated carbocycles. The van der Waals surface area contributed by atoms with Gasteiger partial charge in [0.15, 0.2) is 0 Å². The predicted molar refractivity (Wildman–Crippen MR) is 52.1 cm³/mol. The molecule has 2 amide bonds. The van der Waals surface area contributed by atoms with Gasteiger partial charge in [-0.25, -0.2) is 0 Å². The highest BCUT2D eigenvalue weighted by Gasteiger charge is 2.59. The Morgan fingerprint density at radius 2 is 1.75 bits per heavy atom. The number of imide groups is 1. The summed E-state index contributed by atoms with van der Waals surface area (Å²) in [5, 5.41) is 8.66. The number of rotatable bonds is 2. The quantitative estimate of drug-likeness (QED) is 0.521. The highest BCUT2D eigenvalue weighted by molar-refractivity contribution is 6.08. The van der Waals surface area contributed by atoms with Crippen LogP contribution in [0.1, 0.15) is 6.42 Å². The molecule has 1 saturated heterocycles. The normalized spacial score (nSPS) is 39.6. The summed E-state index contributed by atoms with van der Waals surface area (Å²) < 4.78 is 0. The summed E-state index contributed by atoms with van der Waals surface area (Å²) in [4.78, 5) is 35.4. The molecule has 1 heterocycles. The minimum absolute atomic E-state index is 0.144. The van der Waals surface area contributed by atoms with Crippen LogP contribution in [-0.4, -0.2) is 34.3 Å². The Balaban J connectivity index is 1.91. The number of carbonyl (C=O) groups is 3. The Bertz CT molecular complexity index is 398. The van der Waals surface area contributed by atoms with Gasteiger partial charge in [0.1, 0.15) is 6.54 Å². The van der Waals surface area contributed by atoms with Crippen molar-refractivity contribution in [2.75, 3.05) is 6.54 Å². The minimum atomic E-state index is -1.14. The van der Waals surface area contributed by atoms with Crippen LogP contribution in [-0.2, 0) is 14.4 Å². The Hall–Kier alpha value is -1.65. The molecule has 2 fully saturated rings. The van der Waals surface area contributed by atoms with Gasteiger partial charge in [-0.15, -0.1) is 0 Å². The summed E-state index contributed by atoms with van der Waals surface area (Å²) in [6.07, 6.45) is 4.84. The Labute approximate surface area is 91.7 Å². The summed E-state index contributed by atoms with van der Waals surface area (Å²) >= 11 is 0. The largest absolute Gasteiger partial charge is 0.480 e. The van der Waals surface area contributed by atoms with Crippen molar-refractivity contribution in [1.82, 2.24) is 4.90 Å². The standard InChI is InChI=1S/C11H11NO4/c13-7(14)4-12-10(15)8-5-1-2-6(3-5)9(8)11(12)16/h1-2,5-6,8-9H,3-4H2,(H,13,14)/t5-,6-,8-,9+/m1/s1. The molecule has 0 aromatic carbocycles. The van der Waals surface area contributed by atoms with Crippen molar-refractivity contribution in [1.29, 1.82) is 0 Å². The summed E-state index contributed by atoms with van der Waals surface area (Å²) in [6.45, 7) is -0.496. The molecular formula is C11H11NO4. The molecule has 0 spiro atoms. The van der Waals surface area contributed by atoms with E-state index in [0.29, 0.717) is 0 Å². The van der Waals surface area contributed by atoms with E-state index in [9.17, 15) is 14.4 Å². The summed E-state index contributed by atoms with van der Waals surface area (Å²) in [5.41, 5.74) is 0. The van der Waals surface area contributed by atoms with Gasteiger partial charge in [-0.2, -0.15) is 0 Å². The van der Waals surface area contributed by atoms with E-state index < -0.39 is 12.5 Å². The highest BCUT2D eigenvalue weighted by atomic mass is 16.4. The predicted octanol–water partition coefficient (Wildman–Crippen LogP) is -0.122. The van der Waals surface area contributed by atoms with E-state index in [1.54, 1.807) is 0 Å². The van der Waals surface area contributed by atoms with Crippen LogP contribution in [0.5, 0.6) is 0 Å². The van der Waals surface area contributed by atoms with Gasteiger partial charge in [0, 0.05) is 0 Å². The monoisotopic (exact) mass is 221 g/mol. The van der Waals surface area contributed by atoms with Gasteiger partial charge in [0.05, 0.1) is 11.8 Å². The first kappa shape index (κ1) is 9.57. The molecule has 4 atom stereocenters. The molecule has 2 aliphatic carbocycles. The Morgan fingerprint density at radius 1 is 1.25 bits per heavy atom. The maximum absolute atomic E-state index is 11.9. The van der Waals surface area contributed by atoms with Gasteiger partial charge < -0.3 is 5.11 Å². The third-order valence-corrected chi connectivity index (χ3v) is 3.86. The first-order valence-corrected chi connectivity index (χ1v) is 5.35. The van der Waals surface area contributed by atoms with Gasteiger partial charge in [-0.05, 0) is 18.3 Å². The molecule has 2 bridgehead atoms. The van der Waals surface area contributed by atoms with E-state index in [0.717, 1.165) is 11.3 Å². The van der Waals surface area contributed by atoms with E-state index in [1.807, 2.05) is 12.2 Å². The lowest BCUT2D eigenvalue weighted by Gasteiger charge is -2.14. The van der Waals surface area contributed by atoms with Crippen molar-refractivity contribution >= 4 is 17.8 Å². The van der Waals surface area contributed by atoms with Crippen LogP contribution in [0.4, 0.5) is 0 Å². The zero-order chi connectivity index (χ0) is 11.4. The first-order chi connectivity index (χ1) is 7.59. The second kappa shape index (κ2) is 2.93. The molecule has 0 aromatic heterocycles. The average Bonchev–Trinajstić information content (AvgIpc) is 2.87. The highest BCUT2D eigenvalue weighted by Crippen LogP contribution is 2.52. The number of hydrogen-bond acceptors (Lipinski definition) is 3. The number of carboxylic acid groups (broad SMARTS) is 1. The topological polar surface area (TPSA) is 74.7 Å². The molecular weight excluding hydrogens is 210 g/mol. The molecule has 1 aliphatic heterocycles. The van der Waals surface area contributed by atoms with Crippen molar-refractivity contribution < 1.29 is 19.5 Å². The van der Waals surface area contributed by atoms with Crippen molar-refractivity contribution in [3.8, 4) is 0 Å².